The van der Waals surface area contributed by atoms with Gasteiger partial charge in [-0.1, -0.05) is 0 Å². The Kier molecular flexibility index (Phi) is 4.24. The third kappa shape index (κ3) is 2.49. The number of rotatable bonds is 4. The van der Waals surface area contributed by atoms with Gasteiger partial charge in [-0.05, 0) is 13.3 Å². The maximum absolute atomic E-state index is 12.2. The lowest BCUT2D eigenvalue weighted by molar-refractivity contribution is -0.147. The predicted octanol–water partition coefficient (Wildman–Crippen LogP) is -0.909. The second kappa shape index (κ2) is 5.61. The number of esters is 1. The topological polar surface area (TPSA) is 95.9 Å². The smallest absolute Gasteiger partial charge is 0.330 e. The van der Waals surface area contributed by atoms with Crippen molar-refractivity contribution in [2.75, 3.05) is 19.5 Å². The fourth-order valence-corrected chi connectivity index (χ4v) is 4.04. The molecule has 0 aromatic carbocycles. The minimum Gasteiger partial charge on any atom is -0.467 e. The number of nitrogens with one attached hydrogen (secondary N) is 1. The Labute approximate surface area is 121 Å². The zero-order chi connectivity index (χ0) is 14.9. The quantitative estimate of drug-likeness (QED) is 0.653. The van der Waals surface area contributed by atoms with Crippen LogP contribution < -0.4 is 5.32 Å². The average molecular weight is 302 g/mol. The van der Waals surface area contributed by atoms with Gasteiger partial charge < -0.3 is 20.1 Å². The van der Waals surface area contributed by atoms with Gasteiger partial charge in [-0.25, -0.2) is 4.79 Å². The summed E-state index contributed by atoms with van der Waals surface area (Å²) in [7, 11) is 1.18. The van der Waals surface area contributed by atoms with Crippen LogP contribution in [-0.2, 0) is 19.1 Å². The second-order valence-corrected chi connectivity index (χ2v) is 6.53. The molecule has 0 aromatic rings. The number of hydrogen-bond donors (Lipinski definition) is 2. The number of fused-ring (bicyclic) bond motifs is 1. The van der Waals surface area contributed by atoms with E-state index in [-0.39, 0.29) is 10.8 Å². The molecule has 2 saturated heterocycles. The van der Waals surface area contributed by atoms with Crippen molar-refractivity contribution < 1.29 is 24.2 Å². The third-order valence-electron chi connectivity index (χ3n) is 3.73. The van der Waals surface area contributed by atoms with Gasteiger partial charge in [-0.2, -0.15) is 0 Å². The number of carbonyl (C=O) groups excluding carboxylic acids is 3. The molecular weight excluding hydrogens is 284 g/mol. The number of carbonyl (C=O) groups is 3. The molecule has 3 unspecified atom stereocenters. The van der Waals surface area contributed by atoms with Gasteiger partial charge in [0.05, 0.1) is 18.6 Å². The predicted molar refractivity (Wildman–Crippen MR) is 71.8 cm³/mol. The Morgan fingerprint density at radius 2 is 2.35 bits per heavy atom. The van der Waals surface area contributed by atoms with Crippen LogP contribution in [0.25, 0.3) is 0 Å². The van der Waals surface area contributed by atoms with Crippen LogP contribution in [0.15, 0.2) is 0 Å². The van der Waals surface area contributed by atoms with Crippen LogP contribution in [0, 0.1) is 0 Å². The van der Waals surface area contributed by atoms with Gasteiger partial charge >= 0.3 is 5.97 Å². The highest BCUT2D eigenvalue weighted by Gasteiger charge is 2.53. The molecule has 0 bridgehead atoms. The minimum atomic E-state index is -1.10. The van der Waals surface area contributed by atoms with Crippen LogP contribution in [0.2, 0.25) is 0 Å². The van der Waals surface area contributed by atoms with E-state index < -0.39 is 30.6 Å². The molecule has 3 atom stereocenters. The number of methoxy groups -OCH3 is 1. The summed E-state index contributed by atoms with van der Waals surface area (Å²) in [6.07, 6.45) is 1.16. The summed E-state index contributed by atoms with van der Waals surface area (Å²) in [4.78, 5) is 36.8. The van der Waals surface area contributed by atoms with Crippen LogP contribution >= 0.6 is 11.8 Å². The Morgan fingerprint density at radius 1 is 1.65 bits per heavy atom. The van der Waals surface area contributed by atoms with Crippen molar-refractivity contribution in [2.24, 2.45) is 0 Å². The molecule has 2 aliphatic heterocycles. The van der Waals surface area contributed by atoms with Crippen LogP contribution in [0.5, 0.6) is 0 Å². The molecular formula is C12H18N2O5S. The van der Waals surface area contributed by atoms with Gasteiger partial charge in [0.25, 0.3) is 0 Å². The first-order chi connectivity index (χ1) is 9.42. The molecule has 2 aliphatic rings. The van der Waals surface area contributed by atoms with Crippen molar-refractivity contribution in [3.8, 4) is 0 Å². The number of ether oxygens (including phenoxy) is 1. The third-order valence-corrected chi connectivity index (χ3v) is 5.24. The molecule has 0 aromatic heterocycles. The maximum atomic E-state index is 12.2. The highest BCUT2D eigenvalue weighted by Crippen LogP contribution is 2.47. The highest BCUT2D eigenvalue weighted by molar-refractivity contribution is 8.01. The summed E-state index contributed by atoms with van der Waals surface area (Å²) in [5.41, 5.74) is 0. The summed E-state index contributed by atoms with van der Waals surface area (Å²) in [6, 6.07) is -1.69. The number of hydrogen-bond acceptors (Lipinski definition) is 6. The molecule has 7 nitrogen and oxygen atoms in total. The highest BCUT2D eigenvalue weighted by atomic mass is 32.2. The molecule has 0 radical (unpaired) electrons. The molecule has 0 spiro atoms. The van der Waals surface area contributed by atoms with Gasteiger partial charge in [0.15, 0.2) is 6.04 Å². The van der Waals surface area contributed by atoms with Gasteiger partial charge in [-0.3, -0.25) is 9.59 Å². The summed E-state index contributed by atoms with van der Waals surface area (Å²) in [5, 5.41) is 11.5. The molecule has 0 aliphatic carbocycles. The number of nitrogens with zero attached hydrogens (tertiary/aromatic N) is 1. The van der Waals surface area contributed by atoms with Crippen LogP contribution in [0.1, 0.15) is 19.8 Å². The minimum absolute atomic E-state index is 0.0451. The van der Waals surface area contributed by atoms with Crippen molar-refractivity contribution in [3.05, 3.63) is 0 Å². The van der Waals surface area contributed by atoms with Crippen molar-refractivity contribution in [1.82, 2.24) is 10.2 Å². The van der Waals surface area contributed by atoms with E-state index in [0.29, 0.717) is 12.2 Å². The van der Waals surface area contributed by atoms with E-state index in [9.17, 15) is 14.4 Å². The number of amides is 2. The zero-order valence-corrected chi connectivity index (χ0v) is 12.2. The molecule has 8 heteroatoms. The molecule has 2 amide bonds. The standard InChI is InChI=1S/C12H18N2O5S/c1-12-4-3-9(16)14(12)8(6-20-12)10(17)13-7(5-15)11(18)19-2/h7-8,15H,3-6H2,1-2H3,(H,13,17). The normalized spacial score (nSPS) is 30.1. The van der Waals surface area contributed by atoms with E-state index in [1.165, 1.54) is 7.11 Å². The average Bonchev–Trinajstić information content (AvgIpc) is 2.92. The SMILES string of the molecule is COC(=O)C(CO)NC(=O)C1CSC2(C)CCC(=O)N12. The molecule has 2 heterocycles. The molecule has 2 rings (SSSR count). The second-order valence-electron chi connectivity index (χ2n) is 5.03. The number of aliphatic hydroxyl groups is 1. The first-order valence-corrected chi connectivity index (χ1v) is 7.36. The number of aliphatic hydroxyl groups excluding tert-OH is 1. The van der Waals surface area contributed by atoms with Crippen molar-refractivity contribution >= 4 is 29.5 Å². The molecule has 20 heavy (non-hydrogen) atoms. The lowest BCUT2D eigenvalue weighted by atomic mass is 10.2. The van der Waals surface area contributed by atoms with Crippen LogP contribution in [-0.4, -0.2) is 64.2 Å². The van der Waals surface area contributed by atoms with E-state index in [1.807, 2.05) is 6.92 Å². The lowest BCUT2D eigenvalue weighted by Crippen LogP contribution is -2.54. The summed E-state index contributed by atoms with van der Waals surface area (Å²) in [6.45, 7) is 1.41. The van der Waals surface area contributed by atoms with Crippen molar-refractivity contribution in [3.63, 3.8) is 0 Å². The van der Waals surface area contributed by atoms with Gasteiger partial charge in [0.1, 0.15) is 6.04 Å². The monoisotopic (exact) mass is 302 g/mol. The Balaban J connectivity index is 2.06. The number of thioether (sulfide) groups is 1. The van der Waals surface area contributed by atoms with E-state index in [4.69, 9.17) is 5.11 Å². The van der Waals surface area contributed by atoms with Crippen LogP contribution in [0.3, 0.4) is 0 Å². The molecule has 0 saturated carbocycles. The van der Waals surface area contributed by atoms with E-state index in [0.717, 1.165) is 6.42 Å². The first kappa shape index (κ1) is 15.1. The van der Waals surface area contributed by atoms with E-state index in [2.05, 4.69) is 10.1 Å². The summed E-state index contributed by atoms with van der Waals surface area (Å²) >= 11 is 1.57. The van der Waals surface area contributed by atoms with Crippen LogP contribution in [0.4, 0.5) is 0 Å². The van der Waals surface area contributed by atoms with Gasteiger partial charge in [0, 0.05) is 12.2 Å². The molecule has 112 valence electrons. The van der Waals surface area contributed by atoms with Crippen molar-refractivity contribution in [1.29, 1.82) is 0 Å². The largest absolute Gasteiger partial charge is 0.467 e. The van der Waals surface area contributed by atoms with Gasteiger partial charge in [-0.15, -0.1) is 11.8 Å². The fraction of sp³-hybridized carbons (Fsp3) is 0.750. The summed E-state index contributed by atoms with van der Waals surface area (Å²) in [5.74, 6) is -0.688. The molecule has 2 fully saturated rings. The van der Waals surface area contributed by atoms with Crippen molar-refractivity contribution in [2.45, 2.75) is 36.7 Å². The molecule has 2 N–H and O–H groups in total. The Morgan fingerprint density at radius 3 is 2.95 bits per heavy atom. The van der Waals surface area contributed by atoms with E-state index in [1.54, 1.807) is 16.7 Å². The fourth-order valence-electron chi connectivity index (χ4n) is 2.60. The first-order valence-electron chi connectivity index (χ1n) is 6.38. The Bertz CT molecular complexity index is 444. The lowest BCUT2D eigenvalue weighted by Gasteiger charge is -2.30. The maximum Gasteiger partial charge on any atom is 0.330 e. The zero-order valence-electron chi connectivity index (χ0n) is 11.4. The van der Waals surface area contributed by atoms with E-state index >= 15 is 0 Å². The van der Waals surface area contributed by atoms with Gasteiger partial charge in [0.2, 0.25) is 11.8 Å². The summed E-state index contributed by atoms with van der Waals surface area (Å²) < 4.78 is 4.49. The Hall–Kier alpha value is -1.28.